The standard InChI is InChI=1S/C15H8BrS.3ClH.Zr/c16-10-5-6-11-9(7-10)8-14-15(11)12-3-1-2-4-13(12)17-14;;;;/h1-2,4-7H,8H2;3*1H;/q;;;;+3/p-3. The van der Waals surface area contributed by atoms with Crippen molar-refractivity contribution in [2.45, 2.75) is 6.42 Å². The molecule has 0 unspecified atom stereocenters. The molecule has 1 aromatic heterocycles. The Labute approximate surface area is 169 Å². The molecular formula is C15H8BrCl3SZr. The molecule has 0 saturated heterocycles. The summed E-state index contributed by atoms with van der Waals surface area (Å²) in [6, 6.07) is 13.4. The molecule has 21 heavy (non-hydrogen) atoms. The van der Waals surface area contributed by atoms with E-state index in [0.717, 1.165) is 6.42 Å². The van der Waals surface area contributed by atoms with E-state index in [2.05, 4.69) is 52.3 Å². The number of benzene rings is 2. The fraction of sp³-hybridized carbons (Fsp3) is 0.0667. The van der Waals surface area contributed by atoms with Gasteiger partial charge in [-0.25, -0.2) is 0 Å². The Hall–Kier alpha value is 0.633. The Morgan fingerprint density at radius 1 is 1.05 bits per heavy atom. The third-order valence-corrected chi connectivity index (χ3v) is 6.15. The van der Waals surface area contributed by atoms with Crippen LogP contribution in [0.4, 0.5) is 0 Å². The van der Waals surface area contributed by atoms with Crippen molar-refractivity contribution >= 4 is 40.6 Å². The minimum Gasteiger partial charge on any atom is -1.00 e. The fourth-order valence-electron chi connectivity index (χ4n) is 2.73. The maximum Gasteiger partial charge on any atom is -1.00 e. The molecule has 0 radical (unpaired) electrons. The van der Waals surface area contributed by atoms with Crippen molar-refractivity contribution in [3.63, 3.8) is 0 Å². The van der Waals surface area contributed by atoms with E-state index < -0.39 is 0 Å². The quantitative estimate of drug-likeness (QED) is 0.230. The summed E-state index contributed by atoms with van der Waals surface area (Å²) in [6.07, 6.45) is 1.10. The van der Waals surface area contributed by atoms with Crippen LogP contribution in [0.1, 0.15) is 10.4 Å². The molecular weight excluding hydrogens is 490 g/mol. The second kappa shape index (κ2) is 7.47. The zero-order chi connectivity index (χ0) is 12.3. The molecule has 2 aromatic carbocycles. The third kappa shape index (κ3) is 3.16. The van der Waals surface area contributed by atoms with Crippen LogP contribution in [0, 0.1) is 0 Å². The average molecular weight is 498 g/mol. The molecule has 6 heteroatoms. The Bertz CT molecular complexity index is 801. The van der Waals surface area contributed by atoms with E-state index in [0.29, 0.717) is 0 Å². The number of thiophene rings is 1. The van der Waals surface area contributed by atoms with E-state index in [4.69, 9.17) is 0 Å². The van der Waals surface area contributed by atoms with Crippen LogP contribution in [-0.2, 0) is 31.1 Å². The van der Waals surface area contributed by atoms with Gasteiger partial charge in [-0.3, -0.25) is 0 Å². The number of rotatable bonds is 0. The second-order valence-electron chi connectivity index (χ2n) is 4.56. The maximum atomic E-state index is 3.57. The van der Waals surface area contributed by atoms with Gasteiger partial charge in [0.1, 0.15) is 0 Å². The molecule has 0 saturated carbocycles. The molecule has 0 fully saturated rings. The molecule has 0 bridgehead atoms. The molecule has 0 amide bonds. The Morgan fingerprint density at radius 3 is 2.57 bits per heavy atom. The summed E-state index contributed by atoms with van der Waals surface area (Å²) in [5, 5.41) is 1.50. The average Bonchev–Trinajstić information content (AvgIpc) is 2.83. The van der Waals surface area contributed by atoms with Gasteiger partial charge in [0, 0.05) is 0 Å². The van der Waals surface area contributed by atoms with Gasteiger partial charge >= 0.3 is 134 Å². The van der Waals surface area contributed by atoms with Crippen LogP contribution < -0.4 is 40.5 Å². The summed E-state index contributed by atoms with van der Waals surface area (Å²) in [5.74, 6) is 0. The number of halogens is 4. The largest absolute Gasteiger partial charge is 1.00 e. The SMILES string of the molecule is Brc1ccc2c(c1)Cc1sc3ccc[c]([Zr+3])c3c1-2.[Cl-].[Cl-].[Cl-]. The first-order valence-electron chi connectivity index (χ1n) is 5.79. The van der Waals surface area contributed by atoms with E-state index in [9.17, 15) is 0 Å². The predicted molar refractivity (Wildman–Crippen MR) is 77.4 cm³/mol. The van der Waals surface area contributed by atoms with Crippen LogP contribution in [-0.4, -0.2) is 0 Å². The van der Waals surface area contributed by atoms with Gasteiger partial charge in [0.25, 0.3) is 0 Å². The van der Waals surface area contributed by atoms with Crippen molar-refractivity contribution in [1.82, 2.24) is 0 Å². The van der Waals surface area contributed by atoms with Crippen molar-refractivity contribution in [3.8, 4) is 11.1 Å². The minimum absolute atomic E-state index is 0. The Balaban J connectivity index is 0.000000735. The minimum atomic E-state index is 0. The van der Waals surface area contributed by atoms with Crippen LogP contribution in [0.15, 0.2) is 40.9 Å². The van der Waals surface area contributed by atoms with Crippen LogP contribution in [0.3, 0.4) is 0 Å². The molecule has 0 atom stereocenters. The molecule has 0 N–H and O–H groups in total. The first-order chi connectivity index (χ1) is 8.74. The van der Waals surface area contributed by atoms with Crippen LogP contribution >= 0.6 is 27.3 Å². The van der Waals surface area contributed by atoms with Gasteiger partial charge in [-0.15, -0.1) is 0 Å². The van der Waals surface area contributed by atoms with Crippen molar-refractivity contribution in [2.75, 3.05) is 0 Å². The molecule has 0 spiro atoms. The van der Waals surface area contributed by atoms with E-state index >= 15 is 0 Å². The predicted octanol–water partition coefficient (Wildman–Crippen LogP) is -4.58. The summed E-state index contributed by atoms with van der Waals surface area (Å²) >= 11 is 7.04. The van der Waals surface area contributed by atoms with Gasteiger partial charge in [-0.05, 0) is 0 Å². The van der Waals surface area contributed by atoms with Gasteiger partial charge in [0.15, 0.2) is 0 Å². The monoisotopic (exact) mass is 494 g/mol. The first kappa shape index (κ1) is 19.7. The maximum absolute atomic E-state index is 3.57. The molecule has 1 aliphatic carbocycles. The zero-order valence-corrected chi connectivity index (χ0v) is 17.7. The molecule has 1 heterocycles. The third-order valence-electron chi connectivity index (χ3n) is 3.48. The van der Waals surface area contributed by atoms with Gasteiger partial charge in [-0.2, -0.15) is 0 Å². The van der Waals surface area contributed by atoms with Crippen molar-refractivity contribution in [3.05, 3.63) is 51.3 Å². The van der Waals surface area contributed by atoms with Crippen molar-refractivity contribution in [2.24, 2.45) is 0 Å². The Kier molecular flexibility index (Phi) is 7.00. The summed E-state index contributed by atoms with van der Waals surface area (Å²) in [7, 11) is 0. The number of hydrogen-bond donors (Lipinski definition) is 0. The van der Waals surface area contributed by atoms with Crippen molar-refractivity contribution in [1.29, 1.82) is 0 Å². The van der Waals surface area contributed by atoms with Gasteiger partial charge in [-0.1, -0.05) is 0 Å². The summed E-state index contributed by atoms with van der Waals surface area (Å²) in [4.78, 5) is 1.54. The van der Waals surface area contributed by atoms with Gasteiger partial charge in [0.05, 0.1) is 0 Å². The Morgan fingerprint density at radius 2 is 1.81 bits per heavy atom. The number of hydrogen-bond acceptors (Lipinski definition) is 1. The van der Waals surface area contributed by atoms with E-state index in [-0.39, 0.29) is 37.2 Å². The smallest absolute Gasteiger partial charge is 1.00 e. The van der Waals surface area contributed by atoms with E-state index in [1.54, 1.807) is 0 Å². The molecule has 0 aliphatic heterocycles. The van der Waals surface area contributed by atoms with E-state index in [1.165, 1.54) is 64.1 Å². The fourth-order valence-corrected chi connectivity index (χ4v) is 5.51. The van der Waals surface area contributed by atoms with Crippen LogP contribution in [0.2, 0.25) is 0 Å². The van der Waals surface area contributed by atoms with Gasteiger partial charge in [0.2, 0.25) is 0 Å². The normalized spacial score (nSPS) is 11.0. The topological polar surface area (TPSA) is 0 Å². The summed E-state index contributed by atoms with van der Waals surface area (Å²) in [5.41, 5.74) is 4.41. The second-order valence-corrected chi connectivity index (χ2v) is 7.93. The van der Waals surface area contributed by atoms with Gasteiger partial charge < -0.3 is 37.2 Å². The zero-order valence-electron chi connectivity index (χ0n) is 10.6. The van der Waals surface area contributed by atoms with Crippen LogP contribution in [0.5, 0.6) is 0 Å². The van der Waals surface area contributed by atoms with Crippen molar-refractivity contribution < 1.29 is 61.9 Å². The number of fused-ring (bicyclic) bond motifs is 5. The first-order valence-corrected chi connectivity index (χ1v) is 8.62. The molecule has 106 valence electrons. The molecule has 1 aliphatic rings. The van der Waals surface area contributed by atoms with Crippen LogP contribution in [0.25, 0.3) is 21.2 Å². The molecule has 4 rings (SSSR count). The molecule has 0 nitrogen and oxygen atoms in total. The molecule has 3 aromatic rings. The van der Waals surface area contributed by atoms with E-state index in [1.807, 2.05) is 11.3 Å². The summed E-state index contributed by atoms with van der Waals surface area (Å²) in [6.45, 7) is 0. The summed E-state index contributed by atoms with van der Waals surface area (Å²) < 4.78 is 4.11.